The number of nitrogens with zero attached hydrogens (tertiary/aromatic N) is 3. The number of fused-ring (bicyclic) bond motifs is 1. The van der Waals surface area contributed by atoms with Gasteiger partial charge in [-0.25, -0.2) is 0 Å². The van der Waals surface area contributed by atoms with E-state index in [1.54, 1.807) is 14.2 Å². The SMILES string of the molecule is CC[C@H]1CSC2=N[C@@H](c3ccccn3)[C@@H](c3ccc(OC)cc3OC)N21. The third-order valence-corrected chi connectivity index (χ3v) is 6.21. The molecular weight excluding hydrogens is 346 g/mol. The molecule has 0 saturated carbocycles. The maximum absolute atomic E-state index is 5.72. The van der Waals surface area contributed by atoms with Crippen LogP contribution in [-0.2, 0) is 0 Å². The van der Waals surface area contributed by atoms with Gasteiger partial charge in [-0.05, 0) is 30.7 Å². The summed E-state index contributed by atoms with van der Waals surface area (Å²) in [5, 5.41) is 1.12. The number of ether oxygens (including phenoxy) is 2. The zero-order chi connectivity index (χ0) is 18.1. The van der Waals surface area contributed by atoms with Gasteiger partial charge in [-0.15, -0.1) is 0 Å². The molecule has 1 saturated heterocycles. The second-order valence-electron chi connectivity index (χ2n) is 6.44. The molecule has 2 aliphatic rings. The summed E-state index contributed by atoms with van der Waals surface area (Å²) < 4.78 is 11.1. The molecule has 26 heavy (non-hydrogen) atoms. The minimum absolute atomic E-state index is 0.0321. The zero-order valence-corrected chi connectivity index (χ0v) is 16.1. The summed E-state index contributed by atoms with van der Waals surface area (Å²) in [5.41, 5.74) is 2.12. The minimum Gasteiger partial charge on any atom is -0.497 e. The first-order valence-corrected chi connectivity index (χ1v) is 9.87. The van der Waals surface area contributed by atoms with E-state index in [0.717, 1.165) is 40.1 Å². The van der Waals surface area contributed by atoms with E-state index in [1.165, 1.54) is 0 Å². The molecule has 136 valence electrons. The highest BCUT2D eigenvalue weighted by molar-refractivity contribution is 8.14. The van der Waals surface area contributed by atoms with Gasteiger partial charge < -0.3 is 14.4 Å². The van der Waals surface area contributed by atoms with E-state index in [0.29, 0.717) is 6.04 Å². The number of amidine groups is 1. The molecule has 0 amide bonds. The molecule has 0 N–H and O–H groups in total. The normalized spacial score (nSPS) is 24.3. The quantitative estimate of drug-likeness (QED) is 0.795. The Kier molecular flexibility index (Phi) is 4.76. The number of pyridine rings is 1. The summed E-state index contributed by atoms with van der Waals surface area (Å²) in [6.07, 6.45) is 2.93. The fraction of sp³-hybridized carbons (Fsp3) is 0.400. The first kappa shape index (κ1) is 17.2. The van der Waals surface area contributed by atoms with E-state index in [9.17, 15) is 0 Å². The molecule has 1 fully saturated rings. The maximum atomic E-state index is 5.72. The van der Waals surface area contributed by atoms with Crippen molar-refractivity contribution in [1.29, 1.82) is 0 Å². The molecule has 1 aromatic carbocycles. The van der Waals surface area contributed by atoms with Crippen LogP contribution in [0.5, 0.6) is 11.5 Å². The highest BCUT2D eigenvalue weighted by Crippen LogP contribution is 2.50. The monoisotopic (exact) mass is 369 g/mol. The van der Waals surface area contributed by atoms with Crippen LogP contribution in [-0.4, -0.2) is 41.1 Å². The summed E-state index contributed by atoms with van der Waals surface area (Å²) >= 11 is 1.85. The summed E-state index contributed by atoms with van der Waals surface area (Å²) in [7, 11) is 3.38. The number of methoxy groups -OCH3 is 2. The topological polar surface area (TPSA) is 47.0 Å². The number of hydrogen-bond donors (Lipinski definition) is 0. The first-order valence-electron chi connectivity index (χ1n) is 8.88. The number of rotatable bonds is 5. The Labute approximate surface area is 158 Å². The van der Waals surface area contributed by atoms with Crippen LogP contribution in [0.25, 0.3) is 0 Å². The molecule has 0 unspecified atom stereocenters. The second-order valence-corrected chi connectivity index (χ2v) is 7.43. The van der Waals surface area contributed by atoms with E-state index in [4.69, 9.17) is 14.5 Å². The molecule has 2 aromatic rings. The van der Waals surface area contributed by atoms with Crippen molar-refractivity contribution in [2.45, 2.75) is 31.5 Å². The Morgan fingerprint density at radius 3 is 2.77 bits per heavy atom. The van der Waals surface area contributed by atoms with Crippen LogP contribution in [0.2, 0.25) is 0 Å². The third-order valence-electron chi connectivity index (χ3n) is 5.09. The molecule has 6 heteroatoms. The molecule has 2 aliphatic heterocycles. The first-order chi connectivity index (χ1) is 12.8. The molecule has 3 atom stereocenters. The van der Waals surface area contributed by atoms with Gasteiger partial charge in [-0.1, -0.05) is 24.8 Å². The molecule has 0 spiro atoms. The zero-order valence-electron chi connectivity index (χ0n) is 15.3. The van der Waals surface area contributed by atoms with Crippen molar-refractivity contribution >= 4 is 16.9 Å². The number of benzene rings is 1. The fourth-order valence-corrected chi connectivity index (χ4v) is 5.09. The van der Waals surface area contributed by atoms with Crippen molar-refractivity contribution in [3.8, 4) is 11.5 Å². The van der Waals surface area contributed by atoms with E-state index in [-0.39, 0.29) is 12.1 Å². The lowest BCUT2D eigenvalue weighted by atomic mass is 9.94. The van der Waals surface area contributed by atoms with Gasteiger partial charge in [0, 0.05) is 29.6 Å². The highest BCUT2D eigenvalue weighted by atomic mass is 32.2. The van der Waals surface area contributed by atoms with Gasteiger partial charge >= 0.3 is 0 Å². The van der Waals surface area contributed by atoms with Gasteiger partial charge in [0.15, 0.2) is 5.17 Å². The fourth-order valence-electron chi connectivity index (χ4n) is 3.75. The Morgan fingerprint density at radius 1 is 1.19 bits per heavy atom. The lowest BCUT2D eigenvalue weighted by molar-refractivity contribution is 0.248. The van der Waals surface area contributed by atoms with Gasteiger partial charge in [0.25, 0.3) is 0 Å². The summed E-state index contributed by atoms with van der Waals surface area (Å²) in [6.45, 7) is 2.24. The van der Waals surface area contributed by atoms with Crippen molar-refractivity contribution in [2.24, 2.45) is 4.99 Å². The van der Waals surface area contributed by atoms with Crippen LogP contribution in [0.15, 0.2) is 47.6 Å². The lowest BCUT2D eigenvalue weighted by Crippen LogP contribution is -2.35. The van der Waals surface area contributed by atoms with Gasteiger partial charge in [0.2, 0.25) is 0 Å². The number of hydrogen-bond acceptors (Lipinski definition) is 6. The highest BCUT2D eigenvalue weighted by Gasteiger charge is 2.46. The van der Waals surface area contributed by atoms with Crippen LogP contribution in [0.1, 0.15) is 36.7 Å². The van der Waals surface area contributed by atoms with Gasteiger partial charge in [0.1, 0.15) is 17.5 Å². The second kappa shape index (κ2) is 7.19. The van der Waals surface area contributed by atoms with Crippen LogP contribution in [0, 0.1) is 0 Å². The van der Waals surface area contributed by atoms with Gasteiger partial charge in [-0.2, -0.15) is 0 Å². The minimum atomic E-state index is -0.0321. The largest absolute Gasteiger partial charge is 0.497 e. The van der Waals surface area contributed by atoms with Crippen molar-refractivity contribution in [3.05, 3.63) is 53.9 Å². The third kappa shape index (κ3) is 2.82. The van der Waals surface area contributed by atoms with Crippen LogP contribution in [0.4, 0.5) is 0 Å². The van der Waals surface area contributed by atoms with Crippen molar-refractivity contribution < 1.29 is 9.47 Å². The molecule has 4 rings (SSSR count). The predicted molar refractivity (Wildman–Crippen MR) is 105 cm³/mol. The predicted octanol–water partition coefficient (Wildman–Crippen LogP) is 4.08. The van der Waals surface area contributed by atoms with Crippen molar-refractivity contribution in [3.63, 3.8) is 0 Å². The number of aliphatic imine (C=N–C) groups is 1. The molecule has 3 heterocycles. The van der Waals surface area contributed by atoms with Crippen molar-refractivity contribution in [2.75, 3.05) is 20.0 Å². The molecule has 0 aliphatic carbocycles. The van der Waals surface area contributed by atoms with Crippen molar-refractivity contribution in [1.82, 2.24) is 9.88 Å². The van der Waals surface area contributed by atoms with Crippen LogP contribution >= 0.6 is 11.8 Å². The molecular formula is C20H23N3O2S. The van der Waals surface area contributed by atoms with Gasteiger partial charge in [0.05, 0.1) is 26.0 Å². The molecule has 0 bridgehead atoms. The van der Waals surface area contributed by atoms with E-state index < -0.39 is 0 Å². The van der Waals surface area contributed by atoms with Gasteiger partial charge in [-0.3, -0.25) is 9.98 Å². The number of thioether (sulfide) groups is 1. The number of aromatic nitrogens is 1. The smallest absolute Gasteiger partial charge is 0.160 e. The molecule has 5 nitrogen and oxygen atoms in total. The lowest BCUT2D eigenvalue weighted by Gasteiger charge is -2.32. The Morgan fingerprint density at radius 2 is 2.08 bits per heavy atom. The Bertz CT molecular complexity index is 812. The van der Waals surface area contributed by atoms with E-state index in [1.807, 2.05) is 42.2 Å². The van der Waals surface area contributed by atoms with Crippen LogP contribution < -0.4 is 9.47 Å². The summed E-state index contributed by atoms with van der Waals surface area (Å²) in [4.78, 5) is 12.1. The standard InChI is InChI=1S/C20H23N3O2S/c1-4-13-12-26-20-22-18(16-7-5-6-10-21-16)19(23(13)20)15-9-8-14(24-2)11-17(15)25-3/h5-11,13,18-19H,4,12H2,1-3H3/t13-,18-,19+/m0/s1. The molecule has 1 aromatic heterocycles. The van der Waals surface area contributed by atoms with E-state index in [2.05, 4.69) is 28.9 Å². The van der Waals surface area contributed by atoms with Crippen LogP contribution in [0.3, 0.4) is 0 Å². The summed E-state index contributed by atoms with van der Waals surface area (Å²) in [6, 6.07) is 12.6. The molecule has 0 radical (unpaired) electrons. The Hall–Kier alpha value is -2.21. The maximum Gasteiger partial charge on any atom is 0.160 e. The summed E-state index contributed by atoms with van der Waals surface area (Å²) in [5.74, 6) is 2.71. The average molecular weight is 369 g/mol. The van der Waals surface area contributed by atoms with E-state index >= 15 is 0 Å². The average Bonchev–Trinajstić information content (AvgIpc) is 3.27. The Balaban J connectivity index is 1.82.